The maximum atomic E-state index is 12.1. The molecule has 0 aromatic heterocycles. The topological polar surface area (TPSA) is 79.8 Å². The molecule has 0 aliphatic heterocycles. The Morgan fingerprint density at radius 2 is 1.57 bits per heavy atom. The Balaban J connectivity index is 1.34. The highest BCUT2D eigenvalue weighted by Crippen LogP contribution is 2.29. The molecular weight excluding hydrogens is 485 g/mol. The summed E-state index contributed by atoms with van der Waals surface area (Å²) >= 11 is 11.9. The van der Waals surface area contributed by atoms with E-state index in [1.807, 2.05) is 48.5 Å². The molecule has 0 fully saturated rings. The van der Waals surface area contributed by atoms with Crippen molar-refractivity contribution < 1.29 is 14.3 Å². The minimum Gasteiger partial charge on any atom is -0.489 e. The number of halogens is 2. The lowest BCUT2D eigenvalue weighted by atomic mass is 10.1. The van der Waals surface area contributed by atoms with E-state index in [4.69, 9.17) is 27.9 Å². The highest BCUT2D eigenvalue weighted by Gasteiger charge is 2.16. The van der Waals surface area contributed by atoms with Gasteiger partial charge in [0.2, 0.25) is 0 Å². The maximum absolute atomic E-state index is 12.1. The summed E-state index contributed by atoms with van der Waals surface area (Å²) in [5, 5.41) is 9.16. The summed E-state index contributed by atoms with van der Waals surface area (Å²) in [4.78, 5) is 24.2. The molecule has 0 bridgehead atoms. The van der Waals surface area contributed by atoms with Crippen molar-refractivity contribution in [3.05, 3.63) is 106 Å². The molecule has 2 amide bonds. The van der Waals surface area contributed by atoms with Crippen molar-refractivity contribution in [2.24, 2.45) is 5.10 Å². The van der Waals surface area contributed by atoms with E-state index in [0.29, 0.717) is 18.1 Å². The fraction of sp³-hybridized carbons (Fsp3) is 0.0741. The number of hydrogen-bond acceptors (Lipinski definition) is 4. The zero-order chi connectivity index (χ0) is 24.8. The lowest BCUT2D eigenvalue weighted by molar-refractivity contribution is -0.136. The Hall–Kier alpha value is -3.87. The van der Waals surface area contributed by atoms with Crippen LogP contribution in [0.3, 0.4) is 0 Å². The third-order valence-electron chi connectivity index (χ3n) is 5.28. The van der Waals surface area contributed by atoms with Gasteiger partial charge in [0.25, 0.3) is 0 Å². The monoisotopic (exact) mass is 505 g/mol. The maximum Gasteiger partial charge on any atom is 0.329 e. The summed E-state index contributed by atoms with van der Waals surface area (Å²) in [6, 6.07) is 26.4. The average molecular weight is 506 g/mol. The number of nitrogens with one attached hydrogen (secondary N) is 2. The lowest BCUT2D eigenvalue weighted by Gasteiger charge is -2.10. The third kappa shape index (κ3) is 5.98. The molecule has 0 spiro atoms. The van der Waals surface area contributed by atoms with Gasteiger partial charge in [-0.3, -0.25) is 9.59 Å². The minimum absolute atomic E-state index is 0.151. The second kappa shape index (κ2) is 11.0. The van der Waals surface area contributed by atoms with Crippen molar-refractivity contribution in [1.82, 2.24) is 5.43 Å². The van der Waals surface area contributed by atoms with Crippen LogP contribution in [0.1, 0.15) is 18.1 Å². The van der Waals surface area contributed by atoms with E-state index in [2.05, 4.69) is 34.0 Å². The Kier molecular flexibility index (Phi) is 7.65. The smallest absolute Gasteiger partial charge is 0.329 e. The molecule has 176 valence electrons. The summed E-state index contributed by atoms with van der Waals surface area (Å²) in [5.74, 6) is -1.14. The van der Waals surface area contributed by atoms with Gasteiger partial charge >= 0.3 is 11.8 Å². The van der Waals surface area contributed by atoms with Crippen LogP contribution in [0.25, 0.3) is 10.8 Å². The van der Waals surface area contributed by atoms with Crippen molar-refractivity contribution in [2.45, 2.75) is 13.5 Å². The highest BCUT2D eigenvalue weighted by atomic mass is 35.5. The summed E-state index contributed by atoms with van der Waals surface area (Å²) < 4.78 is 5.96. The molecule has 4 aromatic rings. The van der Waals surface area contributed by atoms with Gasteiger partial charge in [-0.05, 0) is 65.2 Å². The zero-order valence-electron chi connectivity index (χ0n) is 18.7. The van der Waals surface area contributed by atoms with Crippen LogP contribution < -0.4 is 15.5 Å². The zero-order valence-corrected chi connectivity index (χ0v) is 20.2. The van der Waals surface area contributed by atoms with E-state index in [0.717, 1.165) is 16.5 Å². The van der Waals surface area contributed by atoms with Crippen LogP contribution in [-0.2, 0) is 16.2 Å². The van der Waals surface area contributed by atoms with Gasteiger partial charge in [0.05, 0.1) is 21.4 Å². The Morgan fingerprint density at radius 1 is 0.857 bits per heavy atom. The van der Waals surface area contributed by atoms with Crippen molar-refractivity contribution >= 4 is 57.2 Å². The number of fused-ring (bicyclic) bond motifs is 1. The number of nitrogens with zero attached hydrogens (tertiary/aromatic N) is 1. The number of hydrazone groups is 1. The van der Waals surface area contributed by atoms with E-state index in [-0.39, 0.29) is 15.7 Å². The van der Waals surface area contributed by atoms with Gasteiger partial charge in [0.1, 0.15) is 12.4 Å². The van der Waals surface area contributed by atoms with Crippen LogP contribution >= 0.6 is 23.2 Å². The molecule has 0 saturated carbocycles. The van der Waals surface area contributed by atoms with E-state index < -0.39 is 11.8 Å². The Bertz CT molecular complexity index is 1410. The van der Waals surface area contributed by atoms with Crippen LogP contribution in [0.15, 0.2) is 90.0 Å². The fourth-order valence-electron chi connectivity index (χ4n) is 3.40. The second-order valence-electron chi connectivity index (χ2n) is 7.64. The molecule has 4 rings (SSSR count). The Morgan fingerprint density at radius 3 is 2.37 bits per heavy atom. The number of ether oxygens (including phenoxy) is 1. The molecule has 0 radical (unpaired) electrons. The molecule has 2 N–H and O–H groups in total. The number of benzene rings is 4. The molecule has 4 aromatic carbocycles. The van der Waals surface area contributed by atoms with E-state index in [1.54, 1.807) is 19.1 Å². The Labute approximate surface area is 212 Å². The van der Waals surface area contributed by atoms with E-state index in [9.17, 15) is 9.59 Å². The third-order valence-corrected chi connectivity index (χ3v) is 6.10. The van der Waals surface area contributed by atoms with Crippen LogP contribution in [-0.4, -0.2) is 17.5 Å². The van der Waals surface area contributed by atoms with E-state index >= 15 is 0 Å². The standard InChI is InChI=1S/C27H21Cl2N3O3/c1-17(31-32-27(34)26(33)30-24-11-5-10-23(28)25(24)29)18-12-14-21(15-13-18)35-16-20-8-4-7-19-6-2-3-9-22(19)20/h2-15H,16H2,1H3,(H,30,33)(H,32,34). The summed E-state index contributed by atoms with van der Waals surface area (Å²) in [6.45, 7) is 2.16. The molecule has 0 saturated heterocycles. The number of anilines is 1. The van der Waals surface area contributed by atoms with Gasteiger partial charge in [-0.15, -0.1) is 0 Å². The number of carbonyl (C=O) groups excluding carboxylic acids is 2. The predicted octanol–water partition coefficient (Wildman–Crippen LogP) is 6.20. The number of rotatable bonds is 6. The van der Waals surface area contributed by atoms with Gasteiger partial charge in [0, 0.05) is 0 Å². The SMILES string of the molecule is CC(=NNC(=O)C(=O)Nc1cccc(Cl)c1Cl)c1ccc(OCc2cccc3ccccc23)cc1. The van der Waals surface area contributed by atoms with Gasteiger partial charge < -0.3 is 10.1 Å². The minimum atomic E-state index is -0.935. The number of amides is 2. The molecule has 0 aliphatic rings. The van der Waals surface area contributed by atoms with Gasteiger partial charge in [-0.2, -0.15) is 5.10 Å². The van der Waals surface area contributed by atoms with Crippen molar-refractivity contribution in [2.75, 3.05) is 5.32 Å². The van der Waals surface area contributed by atoms with Crippen molar-refractivity contribution in [3.63, 3.8) is 0 Å². The van der Waals surface area contributed by atoms with Gasteiger partial charge in [-0.25, -0.2) is 5.43 Å². The van der Waals surface area contributed by atoms with E-state index in [1.165, 1.54) is 11.5 Å². The normalized spacial score (nSPS) is 11.2. The van der Waals surface area contributed by atoms with Crippen molar-refractivity contribution in [1.29, 1.82) is 0 Å². The number of hydrogen-bond donors (Lipinski definition) is 2. The molecular formula is C27H21Cl2N3O3. The summed E-state index contributed by atoms with van der Waals surface area (Å²) in [5.41, 5.74) is 4.87. The van der Waals surface area contributed by atoms with Crippen LogP contribution in [0.4, 0.5) is 5.69 Å². The molecule has 0 unspecified atom stereocenters. The van der Waals surface area contributed by atoms with Crippen LogP contribution in [0.2, 0.25) is 10.0 Å². The fourth-order valence-corrected chi connectivity index (χ4v) is 3.75. The first kappa shape index (κ1) is 24.3. The summed E-state index contributed by atoms with van der Waals surface area (Å²) in [6.07, 6.45) is 0. The van der Waals surface area contributed by atoms with Crippen LogP contribution in [0.5, 0.6) is 5.75 Å². The first-order valence-corrected chi connectivity index (χ1v) is 11.5. The molecule has 35 heavy (non-hydrogen) atoms. The van der Waals surface area contributed by atoms with Crippen molar-refractivity contribution in [3.8, 4) is 5.75 Å². The average Bonchev–Trinajstić information content (AvgIpc) is 2.88. The largest absolute Gasteiger partial charge is 0.489 e. The van der Waals surface area contributed by atoms with Crippen LogP contribution in [0, 0.1) is 0 Å². The molecule has 0 atom stereocenters. The predicted molar refractivity (Wildman–Crippen MR) is 140 cm³/mol. The first-order valence-electron chi connectivity index (χ1n) is 10.7. The quantitative estimate of drug-likeness (QED) is 0.186. The van der Waals surface area contributed by atoms with Gasteiger partial charge in [0.15, 0.2) is 0 Å². The lowest BCUT2D eigenvalue weighted by Crippen LogP contribution is -2.33. The second-order valence-corrected chi connectivity index (χ2v) is 8.43. The molecule has 0 heterocycles. The highest BCUT2D eigenvalue weighted by molar-refractivity contribution is 6.45. The van der Waals surface area contributed by atoms with Gasteiger partial charge in [-0.1, -0.05) is 71.7 Å². The number of carbonyl (C=O) groups is 2. The molecule has 6 nitrogen and oxygen atoms in total. The summed E-state index contributed by atoms with van der Waals surface area (Å²) in [7, 11) is 0. The first-order chi connectivity index (χ1) is 16.9. The molecule has 8 heteroatoms. The molecule has 0 aliphatic carbocycles.